The number of nitrogens with zero attached hydrogens (tertiary/aromatic N) is 2. The van der Waals surface area contributed by atoms with Crippen LogP contribution in [0.2, 0.25) is 0 Å². The van der Waals surface area contributed by atoms with Gasteiger partial charge in [-0.2, -0.15) is 0 Å². The highest BCUT2D eigenvalue weighted by Crippen LogP contribution is 2.22. The quantitative estimate of drug-likeness (QED) is 0.848. The van der Waals surface area contributed by atoms with Gasteiger partial charge in [-0.15, -0.1) is 0 Å². The Morgan fingerprint density at radius 2 is 2.17 bits per heavy atom. The summed E-state index contributed by atoms with van der Waals surface area (Å²) in [7, 11) is 2.21. The predicted molar refractivity (Wildman–Crippen MR) is 78.5 cm³/mol. The molecule has 4 heteroatoms. The van der Waals surface area contributed by atoms with Crippen LogP contribution >= 0.6 is 12.2 Å². The minimum absolute atomic E-state index is 0.372. The molecular weight excluding hydrogens is 242 g/mol. The Bertz CT molecular complexity index is 413. The Morgan fingerprint density at radius 1 is 1.44 bits per heavy atom. The lowest BCUT2D eigenvalue weighted by Crippen LogP contribution is -2.32. The summed E-state index contributed by atoms with van der Waals surface area (Å²) in [4.78, 5) is 6.99. The molecule has 1 aliphatic rings. The Balaban J connectivity index is 1.99. The lowest BCUT2D eigenvalue weighted by molar-refractivity contribution is 0.184. The molecule has 18 heavy (non-hydrogen) atoms. The molecule has 0 saturated heterocycles. The lowest BCUT2D eigenvalue weighted by atomic mass is 9.94. The zero-order chi connectivity index (χ0) is 13.0. The van der Waals surface area contributed by atoms with E-state index in [-0.39, 0.29) is 0 Å². The van der Waals surface area contributed by atoms with E-state index in [9.17, 15) is 0 Å². The summed E-state index contributed by atoms with van der Waals surface area (Å²) < 4.78 is 0. The van der Waals surface area contributed by atoms with Gasteiger partial charge in [0.05, 0.1) is 5.69 Å². The third kappa shape index (κ3) is 3.50. The highest BCUT2D eigenvalue weighted by Gasteiger charge is 2.18. The van der Waals surface area contributed by atoms with E-state index >= 15 is 0 Å². The molecule has 0 amide bonds. The topological polar surface area (TPSA) is 42.2 Å². The van der Waals surface area contributed by atoms with E-state index in [2.05, 4.69) is 16.9 Å². The number of pyridine rings is 1. The van der Waals surface area contributed by atoms with E-state index in [4.69, 9.17) is 18.0 Å². The molecule has 0 atom stereocenters. The largest absolute Gasteiger partial charge is 0.388 e. The first-order chi connectivity index (χ1) is 8.66. The molecule has 1 heterocycles. The highest BCUT2D eigenvalue weighted by molar-refractivity contribution is 7.80. The maximum atomic E-state index is 5.61. The van der Waals surface area contributed by atoms with Crippen molar-refractivity contribution in [2.24, 2.45) is 5.73 Å². The molecule has 0 bridgehead atoms. The number of hydrogen-bond acceptors (Lipinski definition) is 3. The van der Waals surface area contributed by atoms with Crippen LogP contribution in [0.25, 0.3) is 0 Å². The van der Waals surface area contributed by atoms with Crippen LogP contribution in [0.3, 0.4) is 0 Å². The summed E-state index contributed by atoms with van der Waals surface area (Å²) >= 11 is 4.96. The van der Waals surface area contributed by atoms with Gasteiger partial charge in [0, 0.05) is 18.8 Å². The Morgan fingerprint density at radius 3 is 2.83 bits per heavy atom. The Kier molecular flexibility index (Phi) is 4.66. The summed E-state index contributed by atoms with van der Waals surface area (Å²) in [5, 5.41) is 0. The van der Waals surface area contributed by atoms with Crippen LogP contribution in [0.15, 0.2) is 18.3 Å². The maximum absolute atomic E-state index is 5.61. The van der Waals surface area contributed by atoms with Gasteiger partial charge in [-0.05, 0) is 37.6 Å². The van der Waals surface area contributed by atoms with Gasteiger partial charge < -0.3 is 5.73 Å². The van der Waals surface area contributed by atoms with Gasteiger partial charge in [-0.3, -0.25) is 9.88 Å². The molecule has 1 aromatic heterocycles. The van der Waals surface area contributed by atoms with Crippen LogP contribution in [0.5, 0.6) is 0 Å². The minimum Gasteiger partial charge on any atom is -0.388 e. The highest BCUT2D eigenvalue weighted by atomic mass is 32.1. The van der Waals surface area contributed by atoms with Gasteiger partial charge in [-0.25, -0.2) is 0 Å². The van der Waals surface area contributed by atoms with Crippen molar-refractivity contribution in [1.29, 1.82) is 0 Å². The van der Waals surface area contributed by atoms with Crippen molar-refractivity contribution in [2.45, 2.75) is 44.7 Å². The fraction of sp³-hybridized carbons (Fsp3) is 0.571. The second-order valence-corrected chi connectivity index (χ2v) is 5.56. The maximum Gasteiger partial charge on any atom is 0.122 e. The van der Waals surface area contributed by atoms with Crippen LogP contribution in [0, 0.1) is 0 Å². The van der Waals surface area contributed by atoms with Gasteiger partial charge in [0.15, 0.2) is 0 Å². The van der Waals surface area contributed by atoms with Crippen molar-refractivity contribution in [2.75, 3.05) is 7.05 Å². The van der Waals surface area contributed by atoms with Crippen LogP contribution in [-0.2, 0) is 6.54 Å². The molecule has 1 saturated carbocycles. The molecule has 0 radical (unpaired) electrons. The van der Waals surface area contributed by atoms with E-state index in [1.807, 2.05) is 12.1 Å². The fourth-order valence-corrected chi connectivity index (χ4v) is 2.76. The fourth-order valence-electron chi connectivity index (χ4n) is 2.65. The van der Waals surface area contributed by atoms with E-state index in [0.29, 0.717) is 4.99 Å². The molecule has 2 N–H and O–H groups in total. The van der Waals surface area contributed by atoms with Gasteiger partial charge in [0.2, 0.25) is 0 Å². The zero-order valence-corrected chi connectivity index (χ0v) is 11.7. The number of hydrogen-bond donors (Lipinski definition) is 1. The van der Waals surface area contributed by atoms with E-state index in [1.54, 1.807) is 6.20 Å². The summed E-state index contributed by atoms with van der Waals surface area (Å²) in [6, 6.07) is 4.77. The second kappa shape index (κ2) is 6.25. The van der Waals surface area contributed by atoms with E-state index in [1.165, 1.54) is 37.7 Å². The first-order valence-corrected chi connectivity index (χ1v) is 7.02. The Hall–Kier alpha value is -1.00. The normalized spacial score (nSPS) is 17.0. The molecule has 3 nitrogen and oxygen atoms in total. The van der Waals surface area contributed by atoms with Crippen molar-refractivity contribution in [1.82, 2.24) is 9.88 Å². The third-order valence-electron chi connectivity index (χ3n) is 3.71. The van der Waals surface area contributed by atoms with Crippen molar-refractivity contribution in [3.8, 4) is 0 Å². The van der Waals surface area contributed by atoms with E-state index < -0.39 is 0 Å². The van der Waals surface area contributed by atoms with Gasteiger partial charge >= 0.3 is 0 Å². The third-order valence-corrected chi connectivity index (χ3v) is 3.92. The molecule has 1 fully saturated rings. The predicted octanol–water partition coefficient (Wildman–Crippen LogP) is 2.48. The Labute approximate surface area is 114 Å². The van der Waals surface area contributed by atoms with Gasteiger partial charge in [0.1, 0.15) is 4.99 Å². The summed E-state index contributed by atoms with van der Waals surface area (Å²) in [5.74, 6) is 0. The molecule has 0 aliphatic heterocycles. The molecular formula is C14H21N3S. The SMILES string of the molecule is CN(Cc1ccnc(C(N)=S)c1)C1CCCCC1. The summed E-state index contributed by atoms with van der Waals surface area (Å²) in [6.07, 6.45) is 8.56. The second-order valence-electron chi connectivity index (χ2n) is 5.12. The van der Waals surface area contributed by atoms with Crippen LogP contribution in [0.4, 0.5) is 0 Å². The van der Waals surface area contributed by atoms with Crippen LogP contribution < -0.4 is 5.73 Å². The number of rotatable bonds is 4. The minimum atomic E-state index is 0.372. The molecule has 0 spiro atoms. The summed E-state index contributed by atoms with van der Waals surface area (Å²) in [5.41, 5.74) is 7.57. The smallest absolute Gasteiger partial charge is 0.122 e. The number of aromatic nitrogens is 1. The monoisotopic (exact) mass is 263 g/mol. The average Bonchev–Trinajstić information content (AvgIpc) is 2.40. The molecule has 0 unspecified atom stereocenters. The summed E-state index contributed by atoms with van der Waals surface area (Å²) in [6.45, 7) is 0.947. The molecule has 2 rings (SSSR count). The van der Waals surface area contributed by atoms with Crippen molar-refractivity contribution < 1.29 is 0 Å². The standard InChI is InChI=1S/C14H21N3S/c1-17(12-5-3-2-4-6-12)10-11-7-8-16-13(9-11)14(15)18/h7-9,12H,2-6,10H2,1H3,(H2,15,18). The first kappa shape index (κ1) is 13.4. The molecule has 0 aromatic carbocycles. The average molecular weight is 263 g/mol. The van der Waals surface area contributed by atoms with E-state index in [0.717, 1.165) is 18.3 Å². The lowest BCUT2D eigenvalue weighted by Gasteiger charge is -2.31. The van der Waals surface area contributed by atoms with Crippen molar-refractivity contribution in [3.05, 3.63) is 29.6 Å². The first-order valence-electron chi connectivity index (χ1n) is 6.62. The van der Waals surface area contributed by atoms with Crippen LogP contribution in [-0.4, -0.2) is 28.0 Å². The van der Waals surface area contributed by atoms with Crippen LogP contribution in [0.1, 0.15) is 43.4 Å². The van der Waals surface area contributed by atoms with Gasteiger partial charge in [0.25, 0.3) is 0 Å². The number of thiocarbonyl (C=S) groups is 1. The molecule has 1 aliphatic carbocycles. The molecule has 98 valence electrons. The van der Waals surface area contributed by atoms with Crippen molar-refractivity contribution in [3.63, 3.8) is 0 Å². The molecule has 1 aromatic rings. The van der Waals surface area contributed by atoms with Crippen molar-refractivity contribution >= 4 is 17.2 Å². The zero-order valence-electron chi connectivity index (χ0n) is 10.9. The number of nitrogens with two attached hydrogens (primary N) is 1. The van der Waals surface area contributed by atoms with Gasteiger partial charge in [-0.1, -0.05) is 31.5 Å².